The van der Waals surface area contributed by atoms with Gasteiger partial charge in [0.25, 0.3) is 0 Å². The van der Waals surface area contributed by atoms with Crippen LogP contribution in [0.2, 0.25) is 0 Å². The molecule has 1 rings (SSSR count). The number of carbonyl (C=O) groups is 1. The molecule has 0 unspecified atom stereocenters. The SMILES string of the molecule is COC(C)(C)CCOc1ccc(C(C)=O)c(N)c1. The summed E-state index contributed by atoms with van der Waals surface area (Å²) in [5, 5.41) is 0. The van der Waals surface area contributed by atoms with Crippen LogP contribution >= 0.6 is 0 Å². The maximum atomic E-state index is 11.2. The summed E-state index contributed by atoms with van der Waals surface area (Å²) in [4.78, 5) is 11.2. The Hall–Kier alpha value is -1.55. The third kappa shape index (κ3) is 4.04. The van der Waals surface area contributed by atoms with E-state index in [2.05, 4.69) is 0 Å². The normalized spacial score (nSPS) is 11.3. The molecule has 0 bridgehead atoms. The predicted octanol–water partition coefficient (Wildman–Crippen LogP) is 2.67. The van der Waals surface area contributed by atoms with Crippen LogP contribution in [-0.2, 0) is 4.74 Å². The van der Waals surface area contributed by atoms with Gasteiger partial charge in [-0.15, -0.1) is 0 Å². The average Bonchev–Trinajstić information content (AvgIpc) is 2.28. The Balaban J connectivity index is 2.59. The number of hydrogen-bond acceptors (Lipinski definition) is 4. The van der Waals surface area contributed by atoms with Gasteiger partial charge in [-0.05, 0) is 32.9 Å². The van der Waals surface area contributed by atoms with Crippen LogP contribution < -0.4 is 10.5 Å². The molecule has 0 saturated carbocycles. The van der Waals surface area contributed by atoms with Gasteiger partial charge in [0.2, 0.25) is 0 Å². The molecule has 0 saturated heterocycles. The zero-order chi connectivity index (χ0) is 13.8. The number of Topliss-reactive ketones (excluding diaryl/α,β-unsaturated/α-hetero) is 1. The number of rotatable bonds is 6. The Morgan fingerprint density at radius 3 is 2.56 bits per heavy atom. The standard InChI is InChI=1S/C14H21NO3/c1-10(16)12-6-5-11(9-13(12)15)18-8-7-14(2,3)17-4/h5-6,9H,7-8,15H2,1-4H3. The smallest absolute Gasteiger partial charge is 0.161 e. The molecule has 0 aromatic heterocycles. The van der Waals surface area contributed by atoms with Gasteiger partial charge in [0.15, 0.2) is 5.78 Å². The quantitative estimate of drug-likeness (QED) is 0.623. The van der Waals surface area contributed by atoms with E-state index in [-0.39, 0.29) is 11.4 Å². The maximum Gasteiger partial charge on any atom is 0.161 e. The molecular formula is C14H21NO3. The number of ketones is 1. The van der Waals surface area contributed by atoms with Crippen LogP contribution in [0.15, 0.2) is 18.2 Å². The van der Waals surface area contributed by atoms with Gasteiger partial charge in [-0.1, -0.05) is 0 Å². The molecule has 100 valence electrons. The Kier molecular flexibility index (Phi) is 4.73. The number of ether oxygens (including phenoxy) is 2. The summed E-state index contributed by atoms with van der Waals surface area (Å²) in [5.74, 6) is 0.629. The number of nitrogen functional groups attached to an aromatic ring is 1. The van der Waals surface area contributed by atoms with Crippen molar-refractivity contribution < 1.29 is 14.3 Å². The Labute approximate surface area is 108 Å². The van der Waals surface area contributed by atoms with Crippen molar-refractivity contribution in [3.63, 3.8) is 0 Å². The zero-order valence-electron chi connectivity index (χ0n) is 11.4. The highest BCUT2D eigenvalue weighted by Crippen LogP contribution is 2.21. The number of carbonyl (C=O) groups excluding carboxylic acids is 1. The van der Waals surface area contributed by atoms with E-state index >= 15 is 0 Å². The summed E-state index contributed by atoms with van der Waals surface area (Å²) >= 11 is 0. The number of methoxy groups -OCH3 is 1. The Bertz CT molecular complexity index is 427. The minimum atomic E-state index is -0.204. The molecule has 1 aromatic rings. The van der Waals surface area contributed by atoms with E-state index in [9.17, 15) is 4.79 Å². The summed E-state index contributed by atoms with van der Waals surface area (Å²) in [6, 6.07) is 5.12. The number of anilines is 1. The van der Waals surface area contributed by atoms with E-state index in [0.29, 0.717) is 23.6 Å². The molecule has 0 amide bonds. The van der Waals surface area contributed by atoms with Gasteiger partial charge in [0, 0.05) is 30.8 Å². The predicted molar refractivity (Wildman–Crippen MR) is 72.1 cm³/mol. The molecule has 0 atom stereocenters. The fraction of sp³-hybridized carbons (Fsp3) is 0.500. The van der Waals surface area contributed by atoms with Crippen molar-refractivity contribution in [2.45, 2.75) is 32.8 Å². The first-order valence-electron chi connectivity index (χ1n) is 5.94. The van der Waals surface area contributed by atoms with Crippen LogP contribution in [0.5, 0.6) is 5.75 Å². The van der Waals surface area contributed by atoms with E-state index in [4.69, 9.17) is 15.2 Å². The molecule has 0 spiro atoms. The van der Waals surface area contributed by atoms with Gasteiger partial charge >= 0.3 is 0 Å². The Morgan fingerprint density at radius 1 is 1.39 bits per heavy atom. The fourth-order valence-corrected chi connectivity index (χ4v) is 1.47. The molecular weight excluding hydrogens is 230 g/mol. The lowest BCUT2D eigenvalue weighted by Gasteiger charge is -2.22. The second kappa shape index (κ2) is 5.87. The number of hydrogen-bond donors (Lipinski definition) is 1. The summed E-state index contributed by atoms with van der Waals surface area (Å²) in [5.41, 5.74) is 6.55. The van der Waals surface area contributed by atoms with Gasteiger partial charge in [-0.3, -0.25) is 4.79 Å². The molecule has 0 heterocycles. The van der Waals surface area contributed by atoms with E-state index in [0.717, 1.165) is 6.42 Å². The van der Waals surface area contributed by atoms with Crippen molar-refractivity contribution >= 4 is 11.5 Å². The average molecular weight is 251 g/mol. The van der Waals surface area contributed by atoms with E-state index in [1.165, 1.54) is 6.92 Å². The van der Waals surface area contributed by atoms with Gasteiger partial charge in [0.1, 0.15) is 5.75 Å². The second-order valence-corrected chi connectivity index (χ2v) is 4.87. The summed E-state index contributed by atoms with van der Waals surface area (Å²) < 4.78 is 10.9. The monoisotopic (exact) mass is 251 g/mol. The lowest BCUT2D eigenvalue weighted by Crippen LogP contribution is -2.25. The third-order valence-electron chi connectivity index (χ3n) is 2.93. The number of nitrogens with two attached hydrogens (primary N) is 1. The van der Waals surface area contributed by atoms with Crippen LogP contribution in [-0.4, -0.2) is 25.1 Å². The maximum absolute atomic E-state index is 11.2. The van der Waals surface area contributed by atoms with E-state index in [1.807, 2.05) is 13.8 Å². The molecule has 0 aliphatic heterocycles. The van der Waals surface area contributed by atoms with Gasteiger partial charge < -0.3 is 15.2 Å². The van der Waals surface area contributed by atoms with Crippen molar-refractivity contribution in [3.05, 3.63) is 23.8 Å². The van der Waals surface area contributed by atoms with Crippen molar-refractivity contribution in [1.29, 1.82) is 0 Å². The van der Waals surface area contributed by atoms with E-state index < -0.39 is 0 Å². The van der Waals surface area contributed by atoms with Crippen molar-refractivity contribution in [2.75, 3.05) is 19.5 Å². The summed E-state index contributed by atoms with van der Waals surface area (Å²) in [6.07, 6.45) is 0.776. The molecule has 0 aliphatic carbocycles. The molecule has 4 nitrogen and oxygen atoms in total. The minimum absolute atomic E-state index is 0.0421. The molecule has 1 aromatic carbocycles. The fourth-order valence-electron chi connectivity index (χ4n) is 1.47. The highest BCUT2D eigenvalue weighted by Gasteiger charge is 2.16. The first kappa shape index (κ1) is 14.5. The van der Waals surface area contributed by atoms with Crippen molar-refractivity contribution in [1.82, 2.24) is 0 Å². The molecule has 0 radical (unpaired) electrons. The molecule has 0 fully saturated rings. The van der Waals surface area contributed by atoms with Crippen molar-refractivity contribution in [2.24, 2.45) is 0 Å². The highest BCUT2D eigenvalue weighted by atomic mass is 16.5. The minimum Gasteiger partial charge on any atom is -0.493 e. The zero-order valence-corrected chi connectivity index (χ0v) is 11.4. The van der Waals surface area contributed by atoms with Crippen LogP contribution in [0.4, 0.5) is 5.69 Å². The summed E-state index contributed by atoms with van der Waals surface area (Å²) in [6.45, 7) is 6.04. The van der Waals surface area contributed by atoms with Crippen LogP contribution in [0.3, 0.4) is 0 Å². The second-order valence-electron chi connectivity index (χ2n) is 4.87. The van der Waals surface area contributed by atoms with E-state index in [1.54, 1.807) is 25.3 Å². The molecule has 4 heteroatoms. The van der Waals surface area contributed by atoms with Crippen molar-refractivity contribution in [3.8, 4) is 5.75 Å². The lowest BCUT2D eigenvalue weighted by molar-refractivity contribution is 0.00546. The van der Waals surface area contributed by atoms with Gasteiger partial charge in [-0.25, -0.2) is 0 Å². The molecule has 0 aliphatic rings. The molecule has 2 N–H and O–H groups in total. The van der Waals surface area contributed by atoms with Crippen LogP contribution in [0, 0.1) is 0 Å². The topological polar surface area (TPSA) is 61.5 Å². The molecule has 18 heavy (non-hydrogen) atoms. The third-order valence-corrected chi connectivity index (χ3v) is 2.93. The van der Waals surface area contributed by atoms with Crippen LogP contribution in [0.25, 0.3) is 0 Å². The van der Waals surface area contributed by atoms with Gasteiger partial charge in [-0.2, -0.15) is 0 Å². The highest BCUT2D eigenvalue weighted by molar-refractivity contribution is 5.99. The summed E-state index contributed by atoms with van der Waals surface area (Å²) in [7, 11) is 1.68. The lowest BCUT2D eigenvalue weighted by atomic mass is 10.1. The largest absolute Gasteiger partial charge is 0.493 e. The Morgan fingerprint density at radius 2 is 2.06 bits per heavy atom. The first-order valence-corrected chi connectivity index (χ1v) is 5.94. The number of benzene rings is 1. The first-order chi connectivity index (χ1) is 8.35. The van der Waals surface area contributed by atoms with Gasteiger partial charge in [0.05, 0.1) is 12.2 Å². The van der Waals surface area contributed by atoms with Crippen LogP contribution in [0.1, 0.15) is 37.6 Å².